The molecule has 0 aliphatic heterocycles. The second kappa shape index (κ2) is 5.61. The van der Waals surface area contributed by atoms with E-state index in [0.717, 1.165) is 17.8 Å². The molecule has 0 bridgehead atoms. The van der Waals surface area contributed by atoms with Crippen LogP contribution in [-0.4, -0.2) is 23.5 Å². The summed E-state index contributed by atoms with van der Waals surface area (Å²) in [5.74, 6) is 0. The molecular weight excluding hydrogens is 214 g/mol. The lowest BCUT2D eigenvalue weighted by atomic mass is 10.1. The summed E-state index contributed by atoms with van der Waals surface area (Å²) in [7, 11) is 2.04. The third-order valence-electron chi connectivity index (χ3n) is 2.80. The van der Waals surface area contributed by atoms with Crippen LogP contribution in [0, 0.1) is 0 Å². The zero-order chi connectivity index (χ0) is 12.1. The van der Waals surface area contributed by atoms with E-state index in [1.807, 2.05) is 31.3 Å². The molecule has 0 saturated heterocycles. The molecule has 2 aromatic rings. The summed E-state index contributed by atoms with van der Waals surface area (Å²) in [6.07, 6.45) is 5.23. The zero-order valence-corrected chi connectivity index (χ0v) is 9.91. The highest BCUT2D eigenvalue weighted by Crippen LogP contribution is 2.18. The summed E-state index contributed by atoms with van der Waals surface area (Å²) >= 11 is 0. The second-order valence-electron chi connectivity index (χ2n) is 4.05. The Hall–Kier alpha value is -1.65. The SMILES string of the molecule is CN(Cc1ccoc1)C(CN)c1ccccn1. The Morgan fingerprint density at radius 1 is 1.41 bits per heavy atom. The van der Waals surface area contributed by atoms with Gasteiger partial charge >= 0.3 is 0 Å². The van der Waals surface area contributed by atoms with Crippen molar-refractivity contribution in [3.05, 3.63) is 54.2 Å². The third-order valence-corrected chi connectivity index (χ3v) is 2.80. The lowest BCUT2D eigenvalue weighted by Gasteiger charge is -2.25. The largest absolute Gasteiger partial charge is 0.472 e. The first kappa shape index (κ1) is 11.8. The third kappa shape index (κ3) is 2.93. The van der Waals surface area contributed by atoms with Crippen molar-refractivity contribution in [2.75, 3.05) is 13.6 Å². The van der Waals surface area contributed by atoms with Crippen LogP contribution in [0.2, 0.25) is 0 Å². The molecule has 2 aromatic heterocycles. The van der Waals surface area contributed by atoms with E-state index in [-0.39, 0.29) is 6.04 Å². The van der Waals surface area contributed by atoms with Crippen molar-refractivity contribution in [1.29, 1.82) is 0 Å². The number of pyridine rings is 1. The monoisotopic (exact) mass is 231 g/mol. The molecule has 17 heavy (non-hydrogen) atoms. The fourth-order valence-electron chi connectivity index (χ4n) is 1.88. The molecule has 0 aliphatic carbocycles. The van der Waals surface area contributed by atoms with Gasteiger partial charge in [-0.25, -0.2) is 0 Å². The minimum atomic E-state index is 0.131. The summed E-state index contributed by atoms with van der Waals surface area (Å²) in [5.41, 5.74) is 7.97. The first-order valence-electron chi connectivity index (χ1n) is 5.63. The van der Waals surface area contributed by atoms with Gasteiger partial charge in [-0.1, -0.05) is 6.07 Å². The van der Waals surface area contributed by atoms with Crippen molar-refractivity contribution in [2.45, 2.75) is 12.6 Å². The summed E-state index contributed by atoms with van der Waals surface area (Å²) in [4.78, 5) is 6.53. The minimum absolute atomic E-state index is 0.131. The highest BCUT2D eigenvalue weighted by molar-refractivity contribution is 5.11. The molecule has 1 atom stereocenters. The van der Waals surface area contributed by atoms with E-state index >= 15 is 0 Å². The predicted octanol–water partition coefficient (Wildman–Crippen LogP) is 1.81. The molecular formula is C13H17N3O. The summed E-state index contributed by atoms with van der Waals surface area (Å²) in [5, 5.41) is 0. The molecule has 2 rings (SSSR count). The number of nitrogens with zero attached hydrogens (tertiary/aromatic N) is 2. The summed E-state index contributed by atoms with van der Waals surface area (Å²) < 4.78 is 5.06. The Bertz CT molecular complexity index is 427. The van der Waals surface area contributed by atoms with Crippen LogP contribution in [0.15, 0.2) is 47.4 Å². The van der Waals surface area contributed by atoms with Crippen LogP contribution < -0.4 is 5.73 Å². The maximum Gasteiger partial charge on any atom is 0.0947 e. The van der Waals surface area contributed by atoms with E-state index in [2.05, 4.69) is 9.88 Å². The van der Waals surface area contributed by atoms with E-state index in [9.17, 15) is 0 Å². The van der Waals surface area contributed by atoms with Crippen molar-refractivity contribution >= 4 is 0 Å². The van der Waals surface area contributed by atoms with Crippen LogP contribution >= 0.6 is 0 Å². The molecule has 0 saturated carbocycles. The molecule has 1 unspecified atom stereocenters. The molecule has 90 valence electrons. The van der Waals surface area contributed by atoms with Gasteiger partial charge in [0.25, 0.3) is 0 Å². The van der Waals surface area contributed by atoms with E-state index < -0.39 is 0 Å². The van der Waals surface area contributed by atoms with Crippen LogP contribution in [0.1, 0.15) is 17.3 Å². The van der Waals surface area contributed by atoms with Gasteiger partial charge in [-0.3, -0.25) is 9.88 Å². The molecule has 0 spiro atoms. The van der Waals surface area contributed by atoms with Crippen molar-refractivity contribution < 1.29 is 4.42 Å². The quantitative estimate of drug-likeness (QED) is 0.852. The molecule has 2 heterocycles. The van der Waals surface area contributed by atoms with Gasteiger partial charge in [0.1, 0.15) is 0 Å². The number of hydrogen-bond acceptors (Lipinski definition) is 4. The molecule has 4 heteroatoms. The van der Waals surface area contributed by atoms with Crippen molar-refractivity contribution in [2.24, 2.45) is 5.73 Å². The lowest BCUT2D eigenvalue weighted by molar-refractivity contribution is 0.237. The molecule has 2 N–H and O–H groups in total. The van der Waals surface area contributed by atoms with Crippen LogP contribution in [0.5, 0.6) is 0 Å². The number of likely N-dealkylation sites (N-methyl/N-ethyl adjacent to an activating group) is 1. The fraction of sp³-hybridized carbons (Fsp3) is 0.308. The van der Waals surface area contributed by atoms with E-state index in [1.54, 1.807) is 18.7 Å². The lowest BCUT2D eigenvalue weighted by Crippen LogP contribution is -2.30. The molecule has 0 aliphatic rings. The maximum atomic E-state index is 5.83. The van der Waals surface area contributed by atoms with Gasteiger partial charge in [-0.2, -0.15) is 0 Å². The average Bonchev–Trinajstić information content (AvgIpc) is 2.84. The van der Waals surface area contributed by atoms with Crippen molar-refractivity contribution in [3.8, 4) is 0 Å². The van der Waals surface area contributed by atoms with E-state index in [0.29, 0.717) is 6.54 Å². The van der Waals surface area contributed by atoms with Gasteiger partial charge in [0.2, 0.25) is 0 Å². The molecule has 0 fully saturated rings. The maximum absolute atomic E-state index is 5.83. The van der Waals surface area contributed by atoms with Gasteiger partial charge in [-0.05, 0) is 25.2 Å². The number of nitrogens with two attached hydrogens (primary N) is 1. The van der Waals surface area contributed by atoms with Crippen LogP contribution in [0.3, 0.4) is 0 Å². The highest BCUT2D eigenvalue weighted by atomic mass is 16.3. The zero-order valence-electron chi connectivity index (χ0n) is 9.91. The van der Waals surface area contributed by atoms with Gasteiger partial charge in [-0.15, -0.1) is 0 Å². The first-order chi connectivity index (χ1) is 8.31. The van der Waals surface area contributed by atoms with Crippen LogP contribution in [0.25, 0.3) is 0 Å². The Balaban J connectivity index is 2.08. The highest BCUT2D eigenvalue weighted by Gasteiger charge is 2.16. The first-order valence-corrected chi connectivity index (χ1v) is 5.63. The Kier molecular flexibility index (Phi) is 3.90. The molecule has 4 nitrogen and oxygen atoms in total. The molecule has 0 aromatic carbocycles. The van der Waals surface area contributed by atoms with Gasteiger partial charge in [0.15, 0.2) is 0 Å². The van der Waals surface area contributed by atoms with E-state index in [1.165, 1.54) is 0 Å². The Morgan fingerprint density at radius 3 is 2.88 bits per heavy atom. The summed E-state index contributed by atoms with van der Waals surface area (Å²) in [6.45, 7) is 1.35. The minimum Gasteiger partial charge on any atom is -0.472 e. The van der Waals surface area contributed by atoms with Crippen LogP contribution in [0.4, 0.5) is 0 Å². The van der Waals surface area contributed by atoms with Gasteiger partial charge in [0.05, 0.1) is 24.3 Å². The Morgan fingerprint density at radius 2 is 2.29 bits per heavy atom. The number of furan rings is 1. The van der Waals surface area contributed by atoms with Crippen molar-refractivity contribution in [3.63, 3.8) is 0 Å². The molecule has 0 amide bonds. The van der Waals surface area contributed by atoms with Gasteiger partial charge < -0.3 is 10.2 Å². The average molecular weight is 231 g/mol. The second-order valence-corrected chi connectivity index (χ2v) is 4.05. The smallest absolute Gasteiger partial charge is 0.0947 e. The predicted molar refractivity (Wildman–Crippen MR) is 66.2 cm³/mol. The number of rotatable bonds is 5. The summed E-state index contributed by atoms with van der Waals surface area (Å²) in [6, 6.07) is 7.99. The topological polar surface area (TPSA) is 55.3 Å². The fourth-order valence-corrected chi connectivity index (χ4v) is 1.88. The van der Waals surface area contributed by atoms with Gasteiger partial charge in [0, 0.05) is 24.8 Å². The van der Waals surface area contributed by atoms with Crippen molar-refractivity contribution in [1.82, 2.24) is 9.88 Å². The van der Waals surface area contributed by atoms with E-state index in [4.69, 9.17) is 10.2 Å². The number of aromatic nitrogens is 1. The van der Waals surface area contributed by atoms with Crippen LogP contribution in [-0.2, 0) is 6.54 Å². The Labute approximate surface area is 101 Å². The number of hydrogen-bond donors (Lipinski definition) is 1. The molecule has 0 radical (unpaired) electrons. The normalized spacial score (nSPS) is 12.9. The standard InChI is InChI=1S/C13H17N3O/c1-16(9-11-5-7-17-10-11)13(8-14)12-4-2-3-6-15-12/h2-7,10,13H,8-9,14H2,1H3.